The van der Waals surface area contributed by atoms with Crippen molar-refractivity contribution in [2.45, 2.75) is 0 Å². The minimum Gasteiger partial charge on any atom is -0.378 e. The van der Waals surface area contributed by atoms with Crippen LogP contribution in [-0.4, -0.2) is 36.1 Å². The first-order chi connectivity index (χ1) is 8.83. The lowest BCUT2D eigenvalue weighted by molar-refractivity contribution is 0.122. The minimum atomic E-state index is 0.803. The van der Waals surface area contributed by atoms with Crippen LogP contribution in [0.25, 0.3) is 5.69 Å². The van der Waals surface area contributed by atoms with E-state index in [-0.39, 0.29) is 0 Å². The minimum absolute atomic E-state index is 0.803. The van der Waals surface area contributed by atoms with Crippen LogP contribution in [0.2, 0.25) is 0 Å². The molecule has 1 saturated heterocycles. The summed E-state index contributed by atoms with van der Waals surface area (Å²) in [5, 5.41) is 4.36. The molecule has 0 spiro atoms. The van der Waals surface area contributed by atoms with Crippen molar-refractivity contribution in [3.05, 3.63) is 41.1 Å². The fourth-order valence-electron chi connectivity index (χ4n) is 2.10. The quantitative estimate of drug-likeness (QED) is 0.854. The smallest absolute Gasteiger partial charge is 0.128 e. The van der Waals surface area contributed by atoms with Crippen molar-refractivity contribution < 1.29 is 4.74 Å². The molecule has 1 fully saturated rings. The fraction of sp³-hybridized carbons (Fsp3) is 0.308. The highest BCUT2D eigenvalue weighted by molar-refractivity contribution is 9.10. The SMILES string of the molecule is Brc1ccn(-c2cccc(N3CCOCC3)c2)n1. The molecule has 1 aromatic heterocycles. The average Bonchev–Trinajstić information content (AvgIpc) is 2.87. The first-order valence-corrected chi connectivity index (χ1v) is 6.76. The molecule has 0 amide bonds. The van der Waals surface area contributed by atoms with Gasteiger partial charge in [0.25, 0.3) is 0 Å². The van der Waals surface area contributed by atoms with Crippen LogP contribution in [0.3, 0.4) is 0 Å². The van der Waals surface area contributed by atoms with E-state index in [9.17, 15) is 0 Å². The molecule has 3 rings (SSSR count). The van der Waals surface area contributed by atoms with E-state index >= 15 is 0 Å². The third kappa shape index (κ3) is 2.42. The summed E-state index contributed by atoms with van der Waals surface area (Å²) in [5.74, 6) is 0. The maximum atomic E-state index is 5.37. The zero-order chi connectivity index (χ0) is 12.4. The van der Waals surface area contributed by atoms with Gasteiger partial charge in [-0.15, -0.1) is 0 Å². The number of halogens is 1. The maximum Gasteiger partial charge on any atom is 0.128 e. The van der Waals surface area contributed by atoms with Crippen LogP contribution in [-0.2, 0) is 4.74 Å². The van der Waals surface area contributed by atoms with E-state index in [1.165, 1.54) is 5.69 Å². The predicted octanol–water partition coefficient (Wildman–Crippen LogP) is 2.47. The number of rotatable bonds is 2. The molecule has 5 heteroatoms. The summed E-state index contributed by atoms with van der Waals surface area (Å²) in [6, 6.07) is 10.3. The molecule has 1 aliphatic rings. The summed E-state index contributed by atoms with van der Waals surface area (Å²) >= 11 is 3.37. The number of morpholine rings is 1. The topological polar surface area (TPSA) is 30.3 Å². The maximum absolute atomic E-state index is 5.37. The van der Waals surface area contributed by atoms with E-state index in [1.54, 1.807) is 0 Å². The van der Waals surface area contributed by atoms with Crippen LogP contribution in [0.5, 0.6) is 0 Å². The molecule has 0 radical (unpaired) electrons. The largest absolute Gasteiger partial charge is 0.378 e. The summed E-state index contributed by atoms with van der Waals surface area (Å²) in [7, 11) is 0. The number of hydrogen-bond donors (Lipinski definition) is 0. The highest BCUT2D eigenvalue weighted by Crippen LogP contribution is 2.20. The van der Waals surface area contributed by atoms with Crippen LogP contribution < -0.4 is 4.90 Å². The third-order valence-electron chi connectivity index (χ3n) is 3.03. The van der Waals surface area contributed by atoms with E-state index in [0.29, 0.717) is 0 Å². The normalized spacial score (nSPS) is 15.9. The molecule has 94 valence electrons. The van der Waals surface area contributed by atoms with Crippen molar-refractivity contribution in [3.63, 3.8) is 0 Å². The number of aromatic nitrogens is 2. The molecular weight excluding hydrogens is 294 g/mol. The Hall–Kier alpha value is -1.33. The number of ether oxygens (including phenoxy) is 1. The Morgan fingerprint density at radius 2 is 1.89 bits per heavy atom. The average molecular weight is 308 g/mol. The Bertz CT molecular complexity index is 535. The van der Waals surface area contributed by atoms with Gasteiger partial charge in [0.2, 0.25) is 0 Å². The molecule has 0 atom stereocenters. The molecule has 0 unspecified atom stereocenters. The lowest BCUT2D eigenvalue weighted by Gasteiger charge is -2.29. The fourth-order valence-corrected chi connectivity index (χ4v) is 2.39. The van der Waals surface area contributed by atoms with E-state index < -0.39 is 0 Å². The number of anilines is 1. The molecule has 1 aliphatic heterocycles. The summed E-state index contributed by atoms with van der Waals surface area (Å²) in [4.78, 5) is 2.34. The third-order valence-corrected chi connectivity index (χ3v) is 3.45. The van der Waals surface area contributed by atoms with Crippen LogP contribution >= 0.6 is 15.9 Å². The van der Waals surface area contributed by atoms with Crippen LogP contribution in [0.15, 0.2) is 41.1 Å². The predicted molar refractivity (Wildman–Crippen MR) is 74.3 cm³/mol. The van der Waals surface area contributed by atoms with Crippen molar-refractivity contribution in [1.29, 1.82) is 0 Å². The van der Waals surface area contributed by atoms with Crippen LogP contribution in [0, 0.1) is 0 Å². The van der Waals surface area contributed by atoms with E-state index in [1.807, 2.05) is 16.9 Å². The van der Waals surface area contributed by atoms with Crippen molar-refractivity contribution in [2.75, 3.05) is 31.2 Å². The van der Waals surface area contributed by atoms with E-state index in [2.05, 4.69) is 50.2 Å². The molecule has 0 bridgehead atoms. The second-order valence-electron chi connectivity index (χ2n) is 4.20. The van der Waals surface area contributed by atoms with Crippen molar-refractivity contribution in [2.24, 2.45) is 0 Å². The Balaban J connectivity index is 1.88. The zero-order valence-electron chi connectivity index (χ0n) is 9.92. The van der Waals surface area contributed by atoms with Gasteiger partial charge in [0.05, 0.1) is 18.9 Å². The molecule has 0 saturated carbocycles. The summed E-state index contributed by atoms with van der Waals surface area (Å²) < 4.78 is 8.09. The van der Waals surface area contributed by atoms with Gasteiger partial charge < -0.3 is 9.64 Å². The summed E-state index contributed by atoms with van der Waals surface area (Å²) in [5.41, 5.74) is 2.30. The zero-order valence-corrected chi connectivity index (χ0v) is 11.5. The first kappa shape index (κ1) is 11.7. The number of benzene rings is 1. The Morgan fingerprint density at radius 3 is 2.61 bits per heavy atom. The Morgan fingerprint density at radius 1 is 1.11 bits per heavy atom. The lowest BCUT2D eigenvalue weighted by atomic mass is 10.2. The van der Waals surface area contributed by atoms with Gasteiger partial charge >= 0.3 is 0 Å². The molecule has 1 aromatic carbocycles. The van der Waals surface area contributed by atoms with Gasteiger partial charge in [-0.3, -0.25) is 0 Å². The summed E-state index contributed by atoms with van der Waals surface area (Å²) in [6.07, 6.45) is 1.95. The molecule has 18 heavy (non-hydrogen) atoms. The van der Waals surface area contributed by atoms with Crippen LogP contribution in [0.4, 0.5) is 5.69 Å². The molecule has 0 N–H and O–H groups in total. The molecular formula is C13H14BrN3O. The lowest BCUT2D eigenvalue weighted by Crippen LogP contribution is -2.36. The number of hydrogen-bond acceptors (Lipinski definition) is 3. The highest BCUT2D eigenvalue weighted by Gasteiger charge is 2.11. The molecule has 2 aromatic rings. The van der Waals surface area contributed by atoms with E-state index in [0.717, 1.165) is 36.6 Å². The molecule has 4 nitrogen and oxygen atoms in total. The molecule has 2 heterocycles. The first-order valence-electron chi connectivity index (χ1n) is 5.97. The standard InChI is InChI=1S/C13H14BrN3O/c14-13-4-5-17(15-13)12-3-1-2-11(10-12)16-6-8-18-9-7-16/h1-5,10H,6-9H2. The van der Waals surface area contributed by atoms with Crippen molar-refractivity contribution in [3.8, 4) is 5.69 Å². The second-order valence-corrected chi connectivity index (χ2v) is 5.01. The van der Waals surface area contributed by atoms with Gasteiger partial charge in [-0.25, -0.2) is 4.68 Å². The van der Waals surface area contributed by atoms with Crippen molar-refractivity contribution >= 4 is 21.6 Å². The Labute approximate surface area is 114 Å². The highest BCUT2D eigenvalue weighted by atomic mass is 79.9. The van der Waals surface area contributed by atoms with E-state index in [4.69, 9.17) is 4.74 Å². The second kappa shape index (κ2) is 5.12. The van der Waals surface area contributed by atoms with Gasteiger partial charge in [0.15, 0.2) is 0 Å². The van der Waals surface area contributed by atoms with Gasteiger partial charge in [-0.1, -0.05) is 6.07 Å². The van der Waals surface area contributed by atoms with Gasteiger partial charge in [-0.05, 0) is 40.2 Å². The van der Waals surface area contributed by atoms with Gasteiger partial charge in [0.1, 0.15) is 4.60 Å². The van der Waals surface area contributed by atoms with Crippen molar-refractivity contribution in [1.82, 2.24) is 9.78 Å². The van der Waals surface area contributed by atoms with Gasteiger partial charge in [-0.2, -0.15) is 5.10 Å². The molecule has 0 aliphatic carbocycles. The number of nitrogens with zero attached hydrogens (tertiary/aromatic N) is 3. The summed E-state index contributed by atoms with van der Waals surface area (Å²) in [6.45, 7) is 3.51. The monoisotopic (exact) mass is 307 g/mol. The Kier molecular flexibility index (Phi) is 3.34. The van der Waals surface area contributed by atoms with Gasteiger partial charge in [0, 0.05) is 25.0 Å². The van der Waals surface area contributed by atoms with Crippen LogP contribution in [0.1, 0.15) is 0 Å².